The molecule has 1 rings (SSSR count). The molecule has 0 aliphatic rings. The predicted octanol–water partition coefficient (Wildman–Crippen LogP) is 2.61. The van der Waals surface area contributed by atoms with Gasteiger partial charge in [-0.2, -0.15) is 0 Å². The average Bonchev–Trinajstić information content (AvgIpc) is 2.49. The fourth-order valence-corrected chi connectivity index (χ4v) is 2.00. The number of unbranched alkanes of at least 4 members (excludes halogenated alkanes) is 2. The lowest BCUT2D eigenvalue weighted by Gasteiger charge is -2.16. The molecule has 0 heterocycles. The van der Waals surface area contributed by atoms with Crippen LogP contribution in [0.15, 0.2) is 12.1 Å². The summed E-state index contributed by atoms with van der Waals surface area (Å²) in [7, 11) is 4.85. The molecule has 1 N–H and O–H groups in total. The van der Waals surface area contributed by atoms with Gasteiger partial charge in [0, 0.05) is 18.5 Å². The number of nitrogens with one attached hydrogen (secondary N) is 1. The highest BCUT2D eigenvalue weighted by atomic mass is 16.5. The Hall–Kier alpha value is -1.86. The Kier molecular flexibility index (Phi) is 7.38. The van der Waals surface area contributed by atoms with Crippen molar-refractivity contribution in [1.82, 2.24) is 5.32 Å². The Morgan fingerprint density at radius 3 is 2.40 bits per heavy atom. The Labute approximate surface area is 121 Å². The molecule has 0 unspecified atom stereocenters. The van der Waals surface area contributed by atoms with Gasteiger partial charge in [-0.05, 0) is 25.5 Å². The van der Waals surface area contributed by atoms with E-state index in [-0.39, 0.29) is 0 Å². The van der Waals surface area contributed by atoms with E-state index in [0.717, 1.165) is 37.9 Å². The average molecular weight is 277 g/mol. The highest BCUT2D eigenvalue weighted by molar-refractivity contribution is 5.55. The molecule has 0 bridgehead atoms. The van der Waals surface area contributed by atoms with Crippen molar-refractivity contribution in [2.24, 2.45) is 0 Å². The Morgan fingerprint density at radius 2 is 1.80 bits per heavy atom. The van der Waals surface area contributed by atoms with Gasteiger partial charge in [0.2, 0.25) is 5.75 Å². The normalized spacial score (nSPS) is 9.90. The van der Waals surface area contributed by atoms with E-state index in [9.17, 15) is 0 Å². The molecule has 0 saturated heterocycles. The van der Waals surface area contributed by atoms with Crippen LogP contribution in [0.1, 0.15) is 24.8 Å². The number of rotatable bonds is 9. The molecular formula is C16H23NO3. The number of hydrogen-bond donors (Lipinski definition) is 1. The van der Waals surface area contributed by atoms with Crippen molar-refractivity contribution in [3.05, 3.63) is 17.7 Å². The third-order valence-electron chi connectivity index (χ3n) is 3.03. The first-order valence-corrected chi connectivity index (χ1v) is 6.70. The Bertz CT molecular complexity index is 452. The molecule has 0 saturated carbocycles. The molecule has 0 fully saturated rings. The largest absolute Gasteiger partial charge is 0.493 e. The molecule has 0 amide bonds. The van der Waals surface area contributed by atoms with Crippen LogP contribution in [-0.2, 0) is 6.54 Å². The molecule has 1 aromatic rings. The maximum atomic E-state index is 5.43. The zero-order valence-electron chi connectivity index (χ0n) is 12.5. The lowest BCUT2D eigenvalue weighted by molar-refractivity contribution is 0.321. The number of terminal acetylenes is 1. The molecule has 1 aromatic carbocycles. The summed E-state index contributed by atoms with van der Waals surface area (Å²) >= 11 is 0. The molecule has 4 nitrogen and oxygen atoms in total. The van der Waals surface area contributed by atoms with E-state index in [0.29, 0.717) is 17.2 Å². The second-order valence-corrected chi connectivity index (χ2v) is 4.33. The van der Waals surface area contributed by atoms with Crippen LogP contribution < -0.4 is 19.5 Å². The summed E-state index contributed by atoms with van der Waals surface area (Å²) in [5.41, 5.74) is 1.04. The molecule has 4 heteroatoms. The number of ether oxygens (including phenoxy) is 3. The van der Waals surface area contributed by atoms with E-state index in [4.69, 9.17) is 20.6 Å². The van der Waals surface area contributed by atoms with Gasteiger partial charge in [-0.1, -0.05) is 6.07 Å². The Balaban J connectivity index is 2.64. The first-order valence-electron chi connectivity index (χ1n) is 6.70. The van der Waals surface area contributed by atoms with E-state index in [1.807, 2.05) is 12.1 Å². The Morgan fingerprint density at radius 1 is 1.05 bits per heavy atom. The molecule has 0 atom stereocenters. The number of hydrogen-bond acceptors (Lipinski definition) is 4. The topological polar surface area (TPSA) is 39.7 Å². The van der Waals surface area contributed by atoms with Crippen LogP contribution in [0.5, 0.6) is 17.2 Å². The van der Waals surface area contributed by atoms with Crippen molar-refractivity contribution >= 4 is 0 Å². The highest BCUT2D eigenvalue weighted by Crippen LogP contribution is 2.39. The highest BCUT2D eigenvalue weighted by Gasteiger charge is 2.15. The van der Waals surface area contributed by atoms with Gasteiger partial charge in [0.15, 0.2) is 11.5 Å². The van der Waals surface area contributed by atoms with Crippen molar-refractivity contribution < 1.29 is 14.2 Å². The third kappa shape index (κ3) is 4.36. The third-order valence-corrected chi connectivity index (χ3v) is 3.03. The maximum Gasteiger partial charge on any atom is 0.203 e. The molecule has 0 radical (unpaired) electrons. The monoisotopic (exact) mass is 277 g/mol. The fourth-order valence-electron chi connectivity index (χ4n) is 2.00. The van der Waals surface area contributed by atoms with Crippen molar-refractivity contribution in [1.29, 1.82) is 0 Å². The van der Waals surface area contributed by atoms with Crippen LogP contribution in [-0.4, -0.2) is 27.9 Å². The SMILES string of the molecule is C#CCCCCNCc1ccc(OC)c(OC)c1OC. The van der Waals surface area contributed by atoms with Crippen LogP contribution in [0.25, 0.3) is 0 Å². The summed E-state index contributed by atoms with van der Waals surface area (Å²) < 4.78 is 16.1. The van der Waals surface area contributed by atoms with E-state index in [2.05, 4.69) is 11.2 Å². The first-order chi connectivity index (χ1) is 9.78. The molecule has 0 aliphatic heterocycles. The lowest BCUT2D eigenvalue weighted by Crippen LogP contribution is -2.15. The molecule has 0 aromatic heterocycles. The van der Waals surface area contributed by atoms with Gasteiger partial charge in [0.05, 0.1) is 21.3 Å². The molecule has 20 heavy (non-hydrogen) atoms. The smallest absolute Gasteiger partial charge is 0.203 e. The minimum Gasteiger partial charge on any atom is -0.493 e. The van der Waals surface area contributed by atoms with Crippen molar-refractivity contribution in [2.75, 3.05) is 27.9 Å². The van der Waals surface area contributed by atoms with Gasteiger partial charge >= 0.3 is 0 Å². The van der Waals surface area contributed by atoms with E-state index < -0.39 is 0 Å². The van der Waals surface area contributed by atoms with Crippen LogP contribution >= 0.6 is 0 Å². The first kappa shape index (κ1) is 16.2. The van der Waals surface area contributed by atoms with Crippen LogP contribution in [0.2, 0.25) is 0 Å². The van der Waals surface area contributed by atoms with Gasteiger partial charge in [0.25, 0.3) is 0 Å². The summed E-state index contributed by atoms with van der Waals surface area (Å²) in [5, 5.41) is 3.38. The molecule has 110 valence electrons. The number of benzene rings is 1. The van der Waals surface area contributed by atoms with Gasteiger partial charge in [-0.3, -0.25) is 0 Å². The van der Waals surface area contributed by atoms with E-state index >= 15 is 0 Å². The van der Waals surface area contributed by atoms with E-state index in [1.54, 1.807) is 21.3 Å². The van der Waals surface area contributed by atoms with Crippen LogP contribution in [0.3, 0.4) is 0 Å². The minimum absolute atomic E-state index is 0.627. The maximum absolute atomic E-state index is 5.43. The van der Waals surface area contributed by atoms with Gasteiger partial charge < -0.3 is 19.5 Å². The van der Waals surface area contributed by atoms with E-state index in [1.165, 1.54) is 0 Å². The van der Waals surface area contributed by atoms with Gasteiger partial charge in [0.1, 0.15) is 0 Å². The minimum atomic E-state index is 0.627. The van der Waals surface area contributed by atoms with Crippen molar-refractivity contribution in [2.45, 2.75) is 25.8 Å². The standard InChI is InChI=1S/C16H23NO3/c1-5-6-7-8-11-17-12-13-9-10-14(18-2)16(20-4)15(13)19-3/h1,9-10,17H,6-8,11-12H2,2-4H3. The molecule has 0 aliphatic carbocycles. The lowest BCUT2D eigenvalue weighted by atomic mass is 10.1. The number of methoxy groups -OCH3 is 3. The quantitative estimate of drug-likeness (QED) is 0.556. The summed E-state index contributed by atoms with van der Waals surface area (Å²) in [5.74, 6) is 4.65. The summed E-state index contributed by atoms with van der Waals surface area (Å²) in [6.07, 6.45) is 8.17. The summed E-state index contributed by atoms with van der Waals surface area (Å²) in [6, 6.07) is 3.87. The fraction of sp³-hybridized carbons (Fsp3) is 0.500. The summed E-state index contributed by atoms with van der Waals surface area (Å²) in [4.78, 5) is 0. The second-order valence-electron chi connectivity index (χ2n) is 4.33. The second kappa shape index (κ2) is 9.11. The van der Waals surface area contributed by atoms with Crippen molar-refractivity contribution in [3.63, 3.8) is 0 Å². The zero-order chi connectivity index (χ0) is 14.8. The molecule has 0 spiro atoms. The zero-order valence-corrected chi connectivity index (χ0v) is 12.5. The van der Waals surface area contributed by atoms with Crippen molar-refractivity contribution in [3.8, 4) is 29.6 Å². The summed E-state index contributed by atoms with van der Waals surface area (Å²) in [6.45, 7) is 1.65. The van der Waals surface area contributed by atoms with Gasteiger partial charge in [-0.25, -0.2) is 0 Å². The molecular weight excluding hydrogens is 254 g/mol. The van der Waals surface area contributed by atoms with Gasteiger partial charge in [-0.15, -0.1) is 12.3 Å². The predicted molar refractivity (Wildman–Crippen MR) is 80.5 cm³/mol. The van der Waals surface area contributed by atoms with Crippen LogP contribution in [0, 0.1) is 12.3 Å². The van der Waals surface area contributed by atoms with Crippen LogP contribution in [0.4, 0.5) is 0 Å².